The molecule has 0 saturated carbocycles. The lowest BCUT2D eigenvalue weighted by Gasteiger charge is -2.07. The normalized spacial score (nSPS) is 9.76. The largest absolute Gasteiger partial charge is 0.377 e. The summed E-state index contributed by atoms with van der Waals surface area (Å²) in [5, 5.41) is 7.64. The maximum absolute atomic E-state index is 10.7. The number of nitrogens with one attached hydrogen (secondary N) is 3. The smallest absolute Gasteiger partial charge is 0.314 e. The standard InChI is InChI=1S/C10H21N3O4/c1-9(14)12-3-5-16-7-8-17-6-4-13-10(15)11-2/h3-8H2,1-2H3,(H,12,14)(H2,11,13,15). The molecule has 0 aromatic rings. The van der Waals surface area contributed by atoms with Crippen molar-refractivity contribution in [1.29, 1.82) is 0 Å². The van der Waals surface area contributed by atoms with Crippen LogP contribution in [0.4, 0.5) is 4.79 Å². The summed E-state index contributed by atoms with van der Waals surface area (Å²) in [6.07, 6.45) is 0. The molecule has 0 aromatic heterocycles. The van der Waals surface area contributed by atoms with Crippen LogP contribution in [0.1, 0.15) is 6.92 Å². The average molecular weight is 247 g/mol. The Morgan fingerprint density at radius 2 is 1.47 bits per heavy atom. The van der Waals surface area contributed by atoms with E-state index in [9.17, 15) is 9.59 Å². The second-order valence-corrected chi connectivity index (χ2v) is 3.21. The molecule has 0 aliphatic rings. The van der Waals surface area contributed by atoms with Crippen LogP contribution in [-0.4, -0.2) is 58.5 Å². The fourth-order valence-electron chi connectivity index (χ4n) is 0.946. The van der Waals surface area contributed by atoms with Gasteiger partial charge in [-0.2, -0.15) is 0 Å². The molecule has 0 rings (SSSR count). The Kier molecular flexibility index (Phi) is 10.3. The Morgan fingerprint density at radius 3 is 1.94 bits per heavy atom. The average Bonchev–Trinajstić information content (AvgIpc) is 2.30. The van der Waals surface area contributed by atoms with Crippen LogP contribution >= 0.6 is 0 Å². The maximum atomic E-state index is 10.7. The van der Waals surface area contributed by atoms with Crippen molar-refractivity contribution in [1.82, 2.24) is 16.0 Å². The minimum absolute atomic E-state index is 0.0647. The molecule has 0 radical (unpaired) electrons. The van der Waals surface area contributed by atoms with E-state index in [2.05, 4.69) is 16.0 Å². The molecule has 0 bridgehead atoms. The van der Waals surface area contributed by atoms with E-state index < -0.39 is 0 Å². The van der Waals surface area contributed by atoms with Gasteiger partial charge in [0.1, 0.15) is 0 Å². The van der Waals surface area contributed by atoms with E-state index in [1.54, 1.807) is 7.05 Å². The first-order valence-corrected chi connectivity index (χ1v) is 5.52. The summed E-state index contributed by atoms with van der Waals surface area (Å²) < 4.78 is 10.4. The van der Waals surface area contributed by atoms with E-state index in [4.69, 9.17) is 9.47 Å². The summed E-state index contributed by atoms with van der Waals surface area (Å²) in [7, 11) is 1.55. The summed E-state index contributed by atoms with van der Waals surface area (Å²) >= 11 is 0. The fourth-order valence-corrected chi connectivity index (χ4v) is 0.946. The van der Waals surface area contributed by atoms with E-state index >= 15 is 0 Å². The van der Waals surface area contributed by atoms with E-state index in [1.165, 1.54) is 6.92 Å². The van der Waals surface area contributed by atoms with Gasteiger partial charge in [0.15, 0.2) is 0 Å². The Hall–Kier alpha value is -1.34. The quantitative estimate of drug-likeness (QED) is 0.460. The molecule has 3 amide bonds. The topological polar surface area (TPSA) is 88.7 Å². The second kappa shape index (κ2) is 11.2. The zero-order chi connectivity index (χ0) is 12.9. The van der Waals surface area contributed by atoms with Crippen molar-refractivity contribution >= 4 is 11.9 Å². The summed E-state index contributed by atoms with van der Waals surface area (Å²) in [6.45, 7) is 4.29. The molecule has 7 heteroatoms. The molecule has 0 fully saturated rings. The van der Waals surface area contributed by atoms with E-state index in [1.807, 2.05) is 0 Å². The summed E-state index contributed by atoms with van der Waals surface area (Å²) in [4.78, 5) is 21.2. The molecule has 0 saturated heterocycles. The number of ether oxygens (including phenoxy) is 2. The van der Waals surface area contributed by atoms with Crippen LogP contribution in [0.2, 0.25) is 0 Å². The van der Waals surface area contributed by atoms with Crippen molar-refractivity contribution in [3.63, 3.8) is 0 Å². The highest BCUT2D eigenvalue weighted by Crippen LogP contribution is 1.78. The van der Waals surface area contributed by atoms with E-state index in [0.717, 1.165) is 0 Å². The molecule has 0 aromatic carbocycles. The third kappa shape index (κ3) is 12.6. The minimum atomic E-state index is -0.222. The Labute approximate surface area is 101 Å². The van der Waals surface area contributed by atoms with Gasteiger partial charge in [0, 0.05) is 27.1 Å². The Morgan fingerprint density at radius 1 is 0.941 bits per heavy atom. The third-order valence-corrected chi connectivity index (χ3v) is 1.75. The summed E-state index contributed by atoms with van der Waals surface area (Å²) in [5.74, 6) is -0.0647. The minimum Gasteiger partial charge on any atom is -0.377 e. The zero-order valence-electron chi connectivity index (χ0n) is 10.4. The lowest BCUT2D eigenvalue weighted by atomic mass is 10.6. The first kappa shape index (κ1) is 15.7. The van der Waals surface area contributed by atoms with Gasteiger partial charge in [-0.25, -0.2) is 4.79 Å². The number of carbonyl (C=O) groups excluding carboxylic acids is 2. The van der Waals surface area contributed by atoms with Gasteiger partial charge in [-0.1, -0.05) is 0 Å². The molecule has 0 aliphatic carbocycles. The second-order valence-electron chi connectivity index (χ2n) is 3.21. The molecular weight excluding hydrogens is 226 g/mol. The highest BCUT2D eigenvalue weighted by Gasteiger charge is 1.95. The molecule has 3 N–H and O–H groups in total. The van der Waals surface area contributed by atoms with Gasteiger partial charge in [0.25, 0.3) is 0 Å². The molecule has 17 heavy (non-hydrogen) atoms. The van der Waals surface area contributed by atoms with Crippen molar-refractivity contribution in [3.05, 3.63) is 0 Å². The molecule has 7 nitrogen and oxygen atoms in total. The van der Waals surface area contributed by atoms with Gasteiger partial charge in [-0.15, -0.1) is 0 Å². The van der Waals surface area contributed by atoms with Gasteiger partial charge in [-0.05, 0) is 0 Å². The molecule has 0 atom stereocenters. The highest BCUT2D eigenvalue weighted by atomic mass is 16.5. The van der Waals surface area contributed by atoms with Crippen molar-refractivity contribution in [2.75, 3.05) is 46.6 Å². The van der Waals surface area contributed by atoms with Crippen LogP contribution in [0.5, 0.6) is 0 Å². The van der Waals surface area contributed by atoms with Crippen LogP contribution in [-0.2, 0) is 14.3 Å². The van der Waals surface area contributed by atoms with Gasteiger partial charge in [0.2, 0.25) is 5.91 Å². The van der Waals surface area contributed by atoms with Crippen molar-refractivity contribution < 1.29 is 19.1 Å². The number of urea groups is 1. The Bertz CT molecular complexity index is 224. The van der Waals surface area contributed by atoms with Crippen LogP contribution in [0.3, 0.4) is 0 Å². The molecule has 0 unspecified atom stereocenters. The van der Waals surface area contributed by atoms with E-state index in [-0.39, 0.29) is 11.9 Å². The van der Waals surface area contributed by atoms with Gasteiger partial charge < -0.3 is 25.4 Å². The first-order chi connectivity index (χ1) is 8.16. The summed E-state index contributed by atoms with van der Waals surface area (Å²) in [6, 6.07) is -0.222. The van der Waals surface area contributed by atoms with Gasteiger partial charge in [0.05, 0.1) is 26.4 Å². The lowest BCUT2D eigenvalue weighted by Crippen LogP contribution is -2.35. The predicted molar refractivity (Wildman–Crippen MR) is 62.8 cm³/mol. The maximum Gasteiger partial charge on any atom is 0.314 e. The Balaban J connectivity index is 3.03. The number of hydrogen-bond donors (Lipinski definition) is 3. The van der Waals surface area contributed by atoms with Crippen LogP contribution < -0.4 is 16.0 Å². The van der Waals surface area contributed by atoms with Crippen molar-refractivity contribution in [2.45, 2.75) is 6.92 Å². The summed E-state index contributed by atoms with van der Waals surface area (Å²) in [5.41, 5.74) is 0. The molecule has 100 valence electrons. The lowest BCUT2D eigenvalue weighted by molar-refractivity contribution is -0.119. The predicted octanol–water partition coefficient (Wildman–Crippen LogP) is -0.915. The monoisotopic (exact) mass is 247 g/mol. The molecule has 0 heterocycles. The van der Waals surface area contributed by atoms with E-state index in [0.29, 0.717) is 39.5 Å². The zero-order valence-corrected chi connectivity index (χ0v) is 10.4. The number of carbonyl (C=O) groups is 2. The number of hydrogen-bond acceptors (Lipinski definition) is 4. The fraction of sp³-hybridized carbons (Fsp3) is 0.800. The van der Waals surface area contributed by atoms with Gasteiger partial charge in [-0.3, -0.25) is 4.79 Å². The van der Waals surface area contributed by atoms with Gasteiger partial charge >= 0.3 is 6.03 Å². The van der Waals surface area contributed by atoms with Crippen LogP contribution in [0.25, 0.3) is 0 Å². The van der Waals surface area contributed by atoms with Crippen LogP contribution in [0, 0.1) is 0 Å². The molecular formula is C10H21N3O4. The molecule has 0 spiro atoms. The number of rotatable bonds is 9. The highest BCUT2D eigenvalue weighted by molar-refractivity contribution is 5.73. The van der Waals surface area contributed by atoms with Crippen LogP contribution in [0.15, 0.2) is 0 Å². The number of amides is 3. The molecule has 0 aliphatic heterocycles. The SMILES string of the molecule is CNC(=O)NCCOCCOCCNC(C)=O. The first-order valence-electron chi connectivity index (χ1n) is 5.52. The van der Waals surface area contributed by atoms with Crippen molar-refractivity contribution in [2.24, 2.45) is 0 Å². The van der Waals surface area contributed by atoms with Crippen molar-refractivity contribution in [3.8, 4) is 0 Å². The third-order valence-electron chi connectivity index (χ3n) is 1.75.